The van der Waals surface area contributed by atoms with E-state index in [1.807, 2.05) is 12.1 Å². The van der Waals surface area contributed by atoms with E-state index < -0.39 is 0 Å². The van der Waals surface area contributed by atoms with Gasteiger partial charge in [0.1, 0.15) is 0 Å². The number of hydrogen-bond acceptors (Lipinski definition) is 2. The molecular weight excluding hydrogens is 304 g/mol. The van der Waals surface area contributed by atoms with Crippen molar-refractivity contribution in [2.24, 2.45) is 0 Å². The summed E-state index contributed by atoms with van der Waals surface area (Å²) in [7, 11) is 0. The summed E-state index contributed by atoms with van der Waals surface area (Å²) >= 11 is 3.31. The first-order valence-electron chi connectivity index (χ1n) is 5.75. The Morgan fingerprint density at radius 2 is 1.37 bits per heavy atom. The fourth-order valence-corrected chi connectivity index (χ4v) is 2.08. The summed E-state index contributed by atoms with van der Waals surface area (Å²) < 4.78 is 0.719. The second-order valence-electron chi connectivity index (χ2n) is 3.91. The van der Waals surface area contributed by atoms with Crippen LogP contribution in [0.2, 0.25) is 0 Å². The highest BCUT2D eigenvalue weighted by atomic mass is 79.9. The van der Waals surface area contributed by atoms with Crippen molar-refractivity contribution >= 4 is 27.5 Å². The van der Waals surface area contributed by atoms with Crippen LogP contribution in [0.5, 0.6) is 0 Å². The summed E-state index contributed by atoms with van der Waals surface area (Å²) in [4.78, 5) is 23.7. The van der Waals surface area contributed by atoms with Crippen LogP contribution in [0, 0.1) is 0 Å². The molecule has 0 aliphatic heterocycles. The van der Waals surface area contributed by atoms with Crippen molar-refractivity contribution in [3.8, 4) is 0 Å². The van der Waals surface area contributed by atoms with Crippen molar-refractivity contribution in [3.63, 3.8) is 0 Å². The minimum Gasteiger partial charge on any atom is -0.289 e. The number of rotatable bonds is 4. The summed E-state index contributed by atoms with van der Waals surface area (Å²) in [6.45, 7) is 0. The van der Waals surface area contributed by atoms with Crippen LogP contribution in [0.1, 0.15) is 20.7 Å². The highest BCUT2D eigenvalue weighted by Gasteiger charge is 2.07. The third-order valence-electron chi connectivity index (χ3n) is 2.58. The van der Waals surface area contributed by atoms with Crippen LogP contribution in [0.4, 0.5) is 0 Å². The minimum atomic E-state index is -0.197. The van der Waals surface area contributed by atoms with E-state index in [0.29, 0.717) is 11.1 Å². The van der Waals surface area contributed by atoms with Crippen molar-refractivity contribution in [1.29, 1.82) is 0 Å². The molecule has 0 fully saturated rings. The predicted molar refractivity (Wildman–Crippen MR) is 78.4 cm³/mol. The molecule has 0 unspecified atom stereocenters. The lowest BCUT2D eigenvalue weighted by molar-refractivity contribution is 0.102. The molecule has 94 valence electrons. The molecule has 0 bridgehead atoms. The Kier molecular flexibility index (Phi) is 4.42. The van der Waals surface area contributed by atoms with Gasteiger partial charge in [-0.3, -0.25) is 9.59 Å². The predicted octanol–water partition coefficient (Wildman–Crippen LogP) is 4.07. The first-order valence-corrected chi connectivity index (χ1v) is 6.54. The molecule has 0 radical (unpaired) electrons. The van der Waals surface area contributed by atoms with E-state index in [-0.39, 0.29) is 11.6 Å². The lowest BCUT2D eigenvalue weighted by atomic mass is 10.1. The van der Waals surface area contributed by atoms with Crippen molar-refractivity contribution in [2.75, 3.05) is 0 Å². The van der Waals surface area contributed by atoms with Crippen molar-refractivity contribution in [3.05, 3.63) is 82.3 Å². The van der Waals surface area contributed by atoms with Gasteiger partial charge in [0, 0.05) is 15.6 Å². The molecule has 0 aliphatic carbocycles. The molecule has 0 N–H and O–H groups in total. The quantitative estimate of drug-likeness (QED) is 0.629. The highest BCUT2D eigenvalue weighted by Crippen LogP contribution is 2.16. The Labute approximate surface area is 119 Å². The van der Waals surface area contributed by atoms with Crippen molar-refractivity contribution in [1.82, 2.24) is 0 Å². The van der Waals surface area contributed by atoms with Gasteiger partial charge in [-0.25, -0.2) is 0 Å². The standard InChI is InChI=1S/C16H11BrO2/c17-14-9-5-4-8-13(14)16(19)11-10-15(18)12-6-2-1-3-7-12/h1-11H. The second kappa shape index (κ2) is 6.25. The third-order valence-corrected chi connectivity index (χ3v) is 3.28. The fourth-order valence-electron chi connectivity index (χ4n) is 1.60. The van der Waals surface area contributed by atoms with Gasteiger partial charge < -0.3 is 0 Å². The van der Waals surface area contributed by atoms with E-state index >= 15 is 0 Å². The molecule has 0 aliphatic rings. The van der Waals surface area contributed by atoms with Crippen LogP contribution in [-0.4, -0.2) is 11.6 Å². The molecule has 3 heteroatoms. The van der Waals surface area contributed by atoms with Gasteiger partial charge >= 0.3 is 0 Å². The van der Waals surface area contributed by atoms with Crippen molar-refractivity contribution in [2.45, 2.75) is 0 Å². The minimum absolute atomic E-state index is 0.180. The topological polar surface area (TPSA) is 34.1 Å². The Bertz CT molecular complexity index is 630. The van der Waals surface area contributed by atoms with E-state index in [9.17, 15) is 9.59 Å². The number of carbonyl (C=O) groups excluding carboxylic acids is 2. The molecule has 19 heavy (non-hydrogen) atoms. The van der Waals surface area contributed by atoms with E-state index in [0.717, 1.165) is 4.47 Å². The smallest absolute Gasteiger partial charge is 0.187 e. The fraction of sp³-hybridized carbons (Fsp3) is 0. The van der Waals surface area contributed by atoms with Gasteiger partial charge in [-0.05, 0) is 24.3 Å². The molecule has 2 nitrogen and oxygen atoms in total. The van der Waals surface area contributed by atoms with Crippen LogP contribution in [0.3, 0.4) is 0 Å². The van der Waals surface area contributed by atoms with Crippen LogP contribution in [0.25, 0.3) is 0 Å². The van der Waals surface area contributed by atoms with Gasteiger partial charge in [0.25, 0.3) is 0 Å². The highest BCUT2D eigenvalue weighted by molar-refractivity contribution is 9.10. The monoisotopic (exact) mass is 314 g/mol. The van der Waals surface area contributed by atoms with Gasteiger partial charge in [0.05, 0.1) is 0 Å². The summed E-state index contributed by atoms with van der Waals surface area (Å²) in [5, 5.41) is 0. The maximum absolute atomic E-state index is 11.9. The number of allylic oxidation sites excluding steroid dienone is 2. The molecule has 2 aromatic rings. The Morgan fingerprint density at radius 1 is 0.789 bits per heavy atom. The molecule has 0 amide bonds. The molecule has 0 saturated carbocycles. The molecule has 2 rings (SSSR count). The summed E-state index contributed by atoms with van der Waals surface area (Å²) in [6.07, 6.45) is 2.60. The van der Waals surface area contributed by atoms with Crippen LogP contribution >= 0.6 is 15.9 Å². The van der Waals surface area contributed by atoms with Crippen molar-refractivity contribution < 1.29 is 9.59 Å². The maximum atomic E-state index is 11.9. The second-order valence-corrected chi connectivity index (χ2v) is 4.76. The van der Waals surface area contributed by atoms with E-state index in [1.165, 1.54) is 12.2 Å². The van der Waals surface area contributed by atoms with Gasteiger partial charge in [0.2, 0.25) is 0 Å². The molecule has 2 aromatic carbocycles. The third kappa shape index (κ3) is 3.48. The molecule has 0 saturated heterocycles. The van der Waals surface area contributed by atoms with E-state index in [4.69, 9.17) is 0 Å². The first-order chi connectivity index (χ1) is 9.18. The molecular formula is C16H11BrO2. The molecule has 0 spiro atoms. The summed E-state index contributed by atoms with van der Waals surface area (Å²) in [6, 6.07) is 16.0. The normalized spacial score (nSPS) is 10.6. The maximum Gasteiger partial charge on any atom is 0.187 e. The number of ketones is 2. The van der Waals surface area contributed by atoms with E-state index in [1.54, 1.807) is 42.5 Å². The molecule has 0 aromatic heterocycles. The van der Waals surface area contributed by atoms with E-state index in [2.05, 4.69) is 15.9 Å². The van der Waals surface area contributed by atoms with Gasteiger partial charge in [-0.2, -0.15) is 0 Å². The Morgan fingerprint density at radius 3 is 2.05 bits per heavy atom. The number of benzene rings is 2. The average Bonchev–Trinajstić information content (AvgIpc) is 2.46. The van der Waals surface area contributed by atoms with Gasteiger partial charge in [0.15, 0.2) is 11.6 Å². The van der Waals surface area contributed by atoms with Gasteiger partial charge in [-0.1, -0.05) is 58.4 Å². The average molecular weight is 315 g/mol. The number of carbonyl (C=O) groups is 2. The van der Waals surface area contributed by atoms with Crippen LogP contribution in [-0.2, 0) is 0 Å². The SMILES string of the molecule is O=C(C=CC(=O)c1ccccc1Br)c1ccccc1. The first kappa shape index (κ1) is 13.4. The zero-order valence-corrected chi connectivity index (χ0v) is 11.6. The largest absolute Gasteiger partial charge is 0.289 e. The van der Waals surface area contributed by atoms with Gasteiger partial charge in [-0.15, -0.1) is 0 Å². The Hall–Kier alpha value is -2.00. The Balaban J connectivity index is 2.14. The lowest BCUT2D eigenvalue weighted by Gasteiger charge is -1.98. The zero-order valence-electron chi connectivity index (χ0n) is 10.0. The molecule has 0 atom stereocenters. The van der Waals surface area contributed by atoms with Crippen LogP contribution in [0.15, 0.2) is 71.2 Å². The zero-order chi connectivity index (χ0) is 13.7. The summed E-state index contributed by atoms with van der Waals surface area (Å²) in [5.74, 6) is -0.377. The number of hydrogen-bond donors (Lipinski definition) is 0. The molecule has 0 heterocycles. The number of halogens is 1. The summed E-state index contributed by atoms with van der Waals surface area (Å²) in [5.41, 5.74) is 1.11. The lowest BCUT2D eigenvalue weighted by Crippen LogP contribution is -1.99. The van der Waals surface area contributed by atoms with Crippen LogP contribution < -0.4 is 0 Å².